The van der Waals surface area contributed by atoms with Gasteiger partial charge in [-0.25, -0.2) is 0 Å². The van der Waals surface area contributed by atoms with Gasteiger partial charge in [-0.2, -0.15) is 0 Å². The van der Waals surface area contributed by atoms with Gasteiger partial charge in [0.2, 0.25) is 5.91 Å². The minimum atomic E-state index is 0.0352. The summed E-state index contributed by atoms with van der Waals surface area (Å²) in [6.07, 6.45) is 1.48. The van der Waals surface area contributed by atoms with Crippen LogP contribution in [-0.2, 0) is 4.79 Å². The molecule has 1 atom stereocenters. The second-order valence-electron chi connectivity index (χ2n) is 5.13. The van der Waals surface area contributed by atoms with Crippen molar-refractivity contribution in [3.8, 4) is 0 Å². The van der Waals surface area contributed by atoms with Crippen LogP contribution in [0.2, 0.25) is 0 Å². The summed E-state index contributed by atoms with van der Waals surface area (Å²) in [6.45, 7) is 9.01. The molecule has 0 aliphatic heterocycles. The minimum absolute atomic E-state index is 0.0352. The second-order valence-corrected chi connectivity index (χ2v) is 6.08. The fourth-order valence-corrected chi connectivity index (χ4v) is 2.99. The molecule has 0 radical (unpaired) electrons. The van der Waals surface area contributed by atoms with Crippen molar-refractivity contribution in [2.24, 2.45) is 0 Å². The van der Waals surface area contributed by atoms with Gasteiger partial charge in [0, 0.05) is 25.4 Å². The van der Waals surface area contributed by atoms with Gasteiger partial charge in [-0.05, 0) is 37.9 Å². The molecule has 0 aromatic carbocycles. The third-order valence-corrected chi connectivity index (χ3v) is 4.54. The summed E-state index contributed by atoms with van der Waals surface area (Å²) in [5.74, 6) is 0.169. The molecule has 1 heterocycles. The minimum Gasteiger partial charge on any atom is -0.355 e. The molecule has 1 aromatic heterocycles. The van der Waals surface area contributed by atoms with Gasteiger partial charge in [0.05, 0.1) is 4.88 Å². The van der Waals surface area contributed by atoms with Gasteiger partial charge in [0.25, 0.3) is 0 Å². The number of nitrogens with one attached hydrogen (secondary N) is 1. The van der Waals surface area contributed by atoms with Crippen LogP contribution < -0.4 is 5.32 Å². The van der Waals surface area contributed by atoms with Gasteiger partial charge in [-0.3, -0.25) is 14.5 Å². The van der Waals surface area contributed by atoms with Crippen molar-refractivity contribution in [3.63, 3.8) is 0 Å². The molecule has 0 fully saturated rings. The van der Waals surface area contributed by atoms with Gasteiger partial charge in [-0.15, -0.1) is 11.3 Å². The molecular formula is C16H26N2O2S. The summed E-state index contributed by atoms with van der Waals surface area (Å²) in [5, 5.41) is 4.85. The lowest BCUT2D eigenvalue weighted by Gasteiger charge is -2.26. The molecule has 0 saturated carbocycles. The van der Waals surface area contributed by atoms with Crippen LogP contribution in [0, 0.1) is 0 Å². The number of nitrogens with zero attached hydrogens (tertiary/aromatic N) is 1. The second kappa shape index (κ2) is 9.68. The Morgan fingerprint density at radius 3 is 2.57 bits per heavy atom. The van der Waals surface area contributed by atoms with Crippen LogP contribution in [0.4, 0.5) is 0 Å². The van der Waals surface area contributed by atoms with E-state index in [0.29, 0.717) is 31.8 Å². The first-order valence-corrected chi connectivity index (χ1v) is 8.53. The van der Waals surface area contributed by atoms with Crippen molar-refractivity contribution in [2.45, 2.75) is 46.1 Å². The molecule has 4 nitrogen and oxygen atoms in total. The molecule has 1 aromatic rings. The fourth-order valence-electron chi connectivity index (χ4n) is 2.30. The molecule has 5 heteroatoms. The van der Waals surface area contributed by atoms with E-state index < -0.39 is 0 Å². The van der Waals surface area contributed by atoms with E-state index in [0.717, 1.165) is 18.0 Å². The molecule has 1 N–H and O–H groups in total. The Morgan fingerprint density at radius 1 is 1.29 bits per heavy atom. The molecule has 1 unspecified atom stereocenters. The zero-order valence-corrected chi connectivity index (χ0v) is 14.0. The van der Waals surface area contributed by atoms with Crippen LogP contribution >= 0.6 is 11.3 Å². The van der Waals surface area contributed by atoms with Gasteiger partial charge < -0.3 is 5.32 Å². The number of Topliss-reactive ketones (excluding diaryl/α,β-unsaturated/α-hetero) is 1. The number of hydrogen-bond acceptors (Lipinski definition) is 4. The van der Waals surface area contributed by atoms with E-state index in [2.05, 4.69) is 31.0 Å². The fraction of sp³-hybridized carbons (Fsp3) is 0.625. The highest BCUT2D eigenvalue weighted by Gasteiger charge is 2.12. The van der Waals surface area contributed by atoms with Crippen LogP contribution in [0.25, 0.3) is 0 Å². The lowest BCUT2D eigenvalue weighted by Crippen LogP contribution is -2.41. The number of ketones is 1. The van der Waals surface area contributed by atoms with E-state index in [1.807, 2.05) is 17.5 Å². The van der Waals surface area contributed by atoms with Gasteiger partial charge >= 0.3 is 0 Å². The molecule has 21 heavy (non-hydrogen) atoms. The standard InChI is InChI=1S/C16H26N2O2S/c1-4-18(5-2)13(3)12-17-16(20)10-6-8-14(19)15-9-7-11-21-15/h7,9,11,13H,4-6,8,10,12H2,1-3H3,(H,17,20). The van der Waals surface area contributed by atoms with Crippen LogP contribution in [0.5, 0.6) is 0 Å². The number of hydrogen-bond donors (Lipinski definition) is 1. The van der Waals surface area contributed by atoms with Crippen LogP contribution in [0.1, 0.15) is 49.7 Å². The predicted octanol–water partition coefficient (Wildman–Crippen LogP) is 2.95. The topological polar surface area (TPSA) is 49.4 Å². The third-order valence-electron chi connectivity index (χ3n) is 3.63. The Hall–Kier alpha value is -1.20. The first kappa shape index (κ1) is 17.9. The molecule has 0 bridgehead atoms. The first-order chi connectivity index (χ1) is 10.1. The highest BCUT2D eigenvalue weighted by atomic mass is 32.1. The number of amides is 1. The largest absolute Gasteiger partial charge is 0.355 e. The van der Waals surface area contributed by atoms with Crippen molar-refractivity contribution >= 4 is 23.0 Å². The molecule has 0 saturated heterocycles. The summed E-state index contributed by atoms with van der Waals surface area (Å²) >= 11 is 1.46. The molecular weight excluding hydrogens is 284 g/mol. The lowest BCUT2D eigenvalue weighted by molar-refractivity contribution is -0.121. The smallest absolute Gasteiger partial charge is 0.220 e. The average molecular weight is 310 g/mol. The van der Waals surface area contributed by atoms with E-state index in [1.54, 1.807) is 0 Å². The zero-order valence-electron chi connectivity index (χ0n) is 13.2. The van der Waals surface area contributed by atoms with Crippen molar-refractivity contribution in [1.29, 1.82) is 0 Å². The summed E-state index contributed by atoms with van der Waals surface area (Å²) in [5.41, 5.74) is 0. The van der Waals surface area contributed by atoms with E-state index in [-0.39, 0.29) is 11.7 Å². The number of carbonyl (C=O) groups excluding carboxylic acids is 2. The maximum Gasteiger partial charge on any atom is 0.220 e. The Balaban J connectivity index is 2.18. The van der Waals surface area contributed by atoms with Crippen molar-refractivity contribution in [2.75, 3.05) is 19.6 Å². The SMILES string of the molecule is CCN(CC)C(C)CNC(=O)CCCC(=O)c1cccs1. The highest BCUT2D eigenvalue weighted by Crippen LogP contribution is 2.12. The lowest BCUT2D eigenvalue weighted by atomic mass is 10.1. The number of carbonyl (C=O) groups is 2. The van der Waals surface area contributed by atoms with Crippen LogP contribution in [-0.4, -0.2) is 42.3 Å². The summed E-state index contributed by atoms with van der Waals surface area (Å²) in [4.78, 5) is 26.7. The highest BCUT2D eigenvalue weighted by molar-refractivity contribution is 7.12. The van der Waals surface area contributed by atoms with E-state index in [9.17, 15) is 9.59 Å². The van der Waals surface area contributed by atoms with Crippen molar-refractivity contribution in [1.82, 2.24) is 10.2 Å². The molecule has 1 rings (SSSR count). The molecule has 0 aliphatic carbocycles. The Labute approximate surface area is 131 Å². The number of rotatable bonds is 10. The first-order valence-electron chi connectivity index (χ1n) is 7.65. The van der Waals surface area contributed by atoms with E-state index in [4.69, 9.17) is 0 Å². The number of thiophene rings is 1. The van der Waals surface area contributed by atoms with Gasteiger partial charge in [0.15, 0.2) is 5.78 Å². The van der Waals surface area contributed by atoms with Crippen molar-refractivity contribution < 1.29 is 9.59 Å². The van der Waals surface area contributed by atoms with E-state index in [1.165, 1.54) is 11.3 Å². The molecule has 0 spiro atoms. The summed E-state index contributed by atoms with van der Waals surface area (Å²) in [7, 11) is 0. The number of likely N-dealkylation sites (N-methyl/N-ethyl adjacent to an activating group) is 1. The zero-order chi connectivity index (χ0) is 15.7. The Morgan fingerprint density at radius 2 is 2.00 bits per heavy atom. The van der Waals surface area contributed by atoms with Gasteiger partial charge in [0.1, 0.15) is 0 Å². The van der Waals surface area contributed by atoms with E-state index >= 15 is 0 Å². The molecule has 0 aliphatic rings. The maximum atomic E-state index is 11.8. The molecule has 1 amide bonds. The van der Waals surface area contributed by atoms with Gasteiger partial charge in [-0.1, -0.05) is 19.9 Å². The quantitative estimate of drug-likeness (QED) is 0.676. The summed E-state index contributed by atoms with van der Waals surface area (Å²) < 4.78 is 0. The van der Waals surface area contributed by atoms with Crippen molar-refractivity contribution in [3.05, 3.63) is 22.4 Å². The monoisotopic (exact) mass is 310 g/mol. The average Bonchev–Trinajstić information content (AvgIpc) is 3.00. The molecule has 118 valence electrons. The van der Waals surface area contributed by atoms with Crippen LogP contribution in [0.3, 0.4) is 0 Å². The maximum absolute atomic E-state index is 11.8. The summed E-state index contributed by atoms with van der Waals surface area (Å²) in [6, 6.07) is 4.05. The Kier molecular flexibility index (Phi) is 8.23. The predicted molar refractivity (Wildman–Crippen MR) is 87.9 cm³/mol. The normalized spacial score (nSPS) is 12.4. The third kappa shape index (κ3) is 6.40. The Bertz CT molecular complexity index is 427. The van der Waals surface area contributed by atoms with Crippen LogP contribution in [0.15, 0.2) is 17.5 Å².